The molecule has 4 heteroatoms. The second-order valence-electron chi connectivity index (χ2n) is 3.64. The average molecular weight is 250 g/mol. The van der Waals surface area contributed by atoms with Crippen molar-refractivity contribution in [3.63, 3.8) is 0 Å². The standard InChI is InChI=1S/C14H18O4/c1-4-12(15)10-7-8-11(14(16)18-6-3)13(9-10)17-5-2/h7-9H,4-6H2,1-3H3. The van der Waals surface area contributed by atoms with Gasteiger partial charge in [0.15, 0.2) is 5.78 Å². The Morgan fingerprint density at radius 1 is 1.11 bits per heavy atom. The monoisotopic (exact) mass is 250 g/mol. The summed E-state index contributed by atoms with van der Waals surface area (Å²) in [5.41, 5.74) is 0.903. The predicted molar refractivity (Wildman–Crippen MR) is 68.2 cm³/mol. The minimum absolute atomic E-state index is 0.0198. The quantitative estimate of drug-likeness (QED) is 0.575. The number of ketones is 1. The first-order chi connectivity index (χ1) is 8.63. The van der Waals surface area contributed by atoms with Crippen LogP contribution in [0, 0.1) is 0 Å². The van der Waals surface area contributed by atoms with Gasteiger partial charge >= 0.3 is 5.97 Å². The summed E-state index contributed by atoms with van der Waals surface area (Å²) in [7, 11) is 0. The molecule has 0 unspecified atom stereocenters. The number of Topliss-reactive ketones (excluding diaryl/α,β-unsaturated/α-hetero) is 1. The molecule has 0 aliphatic rings. The van der Waals surface area contributed by atoms with Gasteiger partial charge in [-0.3, -0.25) is 4.79 Å². The van der Waals surface area contributed by atoms with Crippen molar-refractivity contribution in [3.8, 4) is 5.75 Å². The van der Waals surface area contributed by atoms with Crippen LogP contribution >= 0.6 is 0 Å². The Labute approximate surface area is 107 Å². The van der Waals surface area contributed by atoms with Gasteiger partial charge in [0.05, 0.1) is 13.2 Å². The van der Waals surface area contributed by atoms with E-state index in [1.807, 2.05) is 6.92 Å². The Bertz CT molecular complexity index is 437. The molecule has 0 fully saturated rings. The van der Waals surface area contributed by atoms with E-state index in [0.717, 1.165) is 0 Å². The summed E-state index contributed by atoms with van der Waals surface area (Å²) in [6.07, 6.45) is 0.421. The first-order valence-corrected chi connectivity index (χ1v) is 6.11. The summed E-state index contributed by atoms with van der Waals surface area (Å²) >= 11 is 0. The molecule has 98 valence electrons. The molecule has 0 heterocycles. The summed E-state index contributed by atoms with van der Waals surface area (Å²) in [6.45, 7) is 6.09. The largest absolute Gasteiger partial charge is 0.493 e. The fraction of sp³-hybridized carbons (Fsp3) is 0.429. The highest BCUT2D eigenvalue weighted by Gasteiger charge is 2.15. The number of benzene rings is 1. The van der Waals surface area contributed by atoms with Gasteiger partial charge in [0.25, 0.3) is 0 Å². The van der Waals surface area contributed by atoms with Crippen molar-refractivity contribution in [1.29, 1.82) is 0 Å². The van der Waals surface area contributed by atoms with Gasteiger partial charge in [-0.25, -0.2) is 4.79 Å². The second kappa shape index (κ2) is 6.79. The van der Waals surface area contributed by atoms with Gasteiger partial charge in [0, 0.05) is 12.0 Å². The van der Waals surface area contributed by atoms with Gasteiger partial charge in [-0.1, -0.05) is 13.0 Å². The van der Waals surface area contributed by atoms with Gasteiger partial charge < -0.3 is 9.47 Å². The number of carbonyl (C=O) groups excluding carboxylic acids is 2. The Kier molecular flexibility index (Phi) is 5.36. The molecule has 1 rings (SSSR count). The van der Waals surface area contributed by atoms with Gasteiger partial charge in [-0.15, -0.1) is 0 Å². The molecule has 0 atom stereocenters. The molecule has 0 saturated carbocycles. The lowest BCUT2D eigenvalue weighted by atomic mass is 10.1. The molecule has 18 heavy (non-hydrogen) atoms. The fourth-order valence-electron chi connectivity index (χ4n) is 1.55. The number of esters is 1. The molecule has 1 aromatic carbocycles. The third kappa shape index (κ3) is 3.32. The summed E-state index contributed by atoms with van der Waals surface area (Å²) in [4.78, 5) is 23.3. The number of carbonyl (C=O) groups is 2. The summed E-state index contributed by atoms with van der Waals surface area (Å²) in [5.74, 6) is -0.0157. The van der Waals surface area contributed by atoms with E-state index in [1.165, 1.54) is 0 Å². The van der Waals surface area contributed by atoms with E-state index in [9.17, 15) is 9.59 Å². The average Bonchev–Trinajstić information content (AvgIpc) is 2.38. The molecule has 0 N–H and O–H groups in total. The zero-order chi connectivity index (χ0) is 13.5. The maximum atomic E-state index is 11.7. The second-order valence-corrected chi connectivity index (χ2v) is 3.64. The normalized spacial score (nSPS) is 9.94. The van der Waals surface area contributed by atoms with Gasteiger partial charge in [-0.2, -0.15) is 0 Å². The number of hydrogen-bond acceptors (Lipinski definition) is 4. The third-order valence-electron chi connectivity index (χ3n) is 2.42. The van der Waals surface area contributed by atoms with Crippen LogP contribution in [0.2, 0.25) is 0 Å². The smallest absolute Gasteiger partial charge is 0.341 e. The van der Waals surface area contributed by atoms with Crippen LogP contribution in [0.1, 0.15) is 47.9 Å². The minimum atomic E-state index is -0.434. The molecular formula is C14H18O4. The van der Waals surface area contributed by atoms with E-state index in [4.69, 9.17) is 9.47 Å². The Morgan fingerprint density at radius 3 is 2.39 bits per heavy atom. The molecular weight excluding hydrogens is 232 g/mol. The molecule has 0 aliphatic carbocycles. The predicted octanol–water partition coefficient (Wildman–Crippen LogP) is 2.85. The van der Waals surface area contributed by atoms with Gasteiger partial charge in [0.2, 0.25) is 0 Å². The lowest BCUT2D eigenvalue weighted by molar-refractivity contribution is 0.0521. The molecule has 0 radical (unpaired) electrons. The van der Waals surface area contributed by atoms with Crippen LogP contribution < -0.4 is 4.74 Å². The molecule has 0 aliphatic heterocycles. The lowest BCUT2D eigenvalue weighted by Gasteiger charge is -2.10. The highest BCUT2D eigenvalue weighted by molar-refractivity contribution is 5.99. The minimum Gasteiger partial charge on any atom is -0.493 e. The number of hydrogen-bond donors (Lipinski definition) is 0. The van der Waals surface area contributed by atoms with Crippen molar-refractivity contribution in [1.82, 2.24) is 0 Å². The van der Waals surface area contributed by atoms with E-state index in [-0.39, 0.29) is 5.78 Å². The summed E-state index contributed by atoms with van der Waals surface area (Å²) in [6, 6.07) is 4.80. The number of ether oxygens (including phenoxy) is 2. The van der Waals surface area contributed by atoms with Crippen LogP contribution in [0.5, 0.6) is 5.75 Å². The van der Waals surface area contributed by atoms with Crippen LogP contribution in [-0.2, 0) is 4.74 Å². The summed E-state index contributed by atoms with van der Waals surface area (Å²) < 4.78 is 10.3. The van der Waals surface area contributed by atoms with Gasteiger partial charge in [-0.05, 0) is 26.0 Å². The van der Waals surface area contributed by atoms with Crippen molar-refractivity contribution in [2.24, 2.45) is 0 Å². The zero-order valence-electron chi connectivity index (χ0n) is 11.0. The Hall–Kier alpha value is -1.84. The maximum Gasteiger partial charge on any atom is 0.341 e. The maximum absolute atomic E-state index is 11.7. The molecule has 0 saturated heterocycles. The topological polar surface area (TPSA) is 52.6 Å². The van der Waals surface area contributed by atoms with Gasteiger partial charge in [0.1, 0.15) is 11.3 Å². The first-order valence-electron chi connectivity index (χ1n) is 6.11. The highest BCUT2D eigenvalue weighted by atomic mass is 16.5. The van der Waals surface area contributed by atoms with E-state index in [1.54, 1.807) is 32.0 Å². The SMILES string of the molecule is CCOC(=O)c1ccc(C(=O)CC)cc1OCC. The van der Waals surface area contributed by atoms with Crippen LogP contribution in [0.25, 0.3) is 0 Å². The van der Waals surface area contributed by atoms with E-state index < -0.39 is 5.97 Å². The Balaban J connectivity index is 3.11. The van der Waals surface area contributed by atoms with E-state index >= 15 is 0 Å². The molecule has 0 bridgehead atoms. The van der Waals surface area contributed by atoms with Crippen molar-refractivity contribution in [3.05, 3.63) is 29.3 Å². The van der Waals surface area contributed by atoms with Crippen LogP contribution in [0.4, 0.5) is 0 Å². The van der Waals surface area contributed by atoms with Crippen LogP contribution in [0.3, 0.4) is 0 Å². The molecule has 0 amide bonds. The summed E-state index contributed by atoms with van der Waals surface area (Å²) in [5, 5.41) is 0. The molecule has 0 spiro atoms. The molecule has 0 aromatic heterocycles. The lowest BCUT2D eigenvalue weighted by Crippen LogP contribution is -2.09. The van der Waals surface area contributed by atoms with E-state index in [2.05, 4.69) is 0 Å². The van der Waals surface area contributed by atoms with Crippen molar-refractivity contribution in [2.45, 2.75) is 27.2 Å². The van der Waals surface area contributed by atoms with E-state index in [0.29, 0.717) is 36.5 Å². The van der Waals surface area contributed by atoms with Crippen LogP contribution in [0.15, 0.2) is 18.2 Å². The molecule has 4 nitrogen and oxygen atoms in total. The molecule has 1 aromatic rings. The number of rotatable bonds is 6. The third-order valence-corrected chi connectivity index (χ3v) is 2.42. The van der Waals surface area contributed by atoms with Crippen molar-refractivity contribution < 1.29 is 19.1 Å². The first kappa shape index (κ1) is 14.2. The fourth-order valence-corrected chi connectivity index (χ4v) is 1.55. The highest BCUT2D eigenvalue weighted by Crippen LogP contribution is 2.22. The van der Waals surface area contributed by atoms with Crippen LogP contribution in [-0.4, -0.2) is 25.0 Å². The zero-order valence-corrected chi connectivity index (χ0v) is 11.0. The van der Waals surface area contributed by atoms with Crippen molar-refractivity contribution >= 4 is 11.8 Å². The van der Waals surface area contributed by atoms with Crippen molar-refractivity contribution in [2.75, 3.05) is 13.2 Å². The Morgan fingerprint density at radius 2 is 1.83 bits per heavy atom.